The number of hydrogen-bond donors (Lipinski definition) is 6. The molecule has 0 aliphatic heterocycles. The van der Waals surface area contributed by atoms with E-state index in [9.17, 15) is 20.4 Å². The first-order valence-electron chi connectivity index (χ1n) is 8.95. The van der Waals surface area contributed by atoms with Crippen molar-refractivity contribution in [3.05, 3.63) is 54.6 Å². The summed E-state index contributed by atoms with van der Waals surface area (Å²) in [6.07, 6.45) is -5.69. The third-order valence-corrected chi connectivity index (χ3v) is 4.30. The molecule has 4 atom stereocenters. The van der Waals surface area contributed by atoms with E-state index >= 15 is 0 Å². The Morgan fingerprint density at radius 1 is 0.862 bits per heavy atom. The summed E-state index contributed by atoms with van der Waals surface area (Å²) in [7, 11) is 0. The maximum atomic E-state index is 9.94. The van der Waals surface area contributed by atoms with Gasteiger partial charge in [0.1, 0.15) is 30.1 Å². The second-order valence-corrected chi connectivity index (χ2v) is 6.39. The van der Waals surface area contributed by atoms with E-state index in [0.717, 1.165) is 11.8 Å². The molecule has 0 spiro atoms. The van der Waals surface area contributed by atoms with Crippen LogP contribution in [-0.2, 0) is 0 Å². The van der Waals surface area contributed by atoms with Crippen LogP contribution < -0.4 is 5.43 Å². The van der Waals surface area contributed by atoms with E-state index < -0.39 is 31.0 Å². The number of aliphatic hydroxyl groups is 5. The van der Waals surface area contributed by atoms with Crippen LogP contribution in [-0.4, -0.2) is 72.7 Å². The quantitative estimate of drug-likeness (QED) is 0.231. The number of aromatic nitrogens is 2. The van der Waals surface area contributed by atoms with Gasteiger partial charge in [-0.3, -0.25) is 5.43 Å². The molecule has 3 rings (SSSR count). The van der Waals surface area contributed by atoms with E-state index in [1.54, 1.807) is 6.07 Å². The summed E-state index contributed by atoms with van der Waals surface area (Å²) in [6, 6.07) is 16.7. The van der Waals surface area contributed by atoms with Crippen LogP contribution in [0.5, 0.6) is 0 Å². The second-order valence-electron chi connectivity index (χ2n) is 6.39. The fraction of sp³-hybridized carbons (Fsp3) is 0.250. The molecule has 0 bridgehead atoms. The molecule has 1 unspecified atom stereocenters. The summed E-state index contributed by atoms with van der Waals surface area (Å²) in [6.45, 7) is -0.756. The van der Waals surface area contributed by atoms with Crippen molar-refractivity contribution in [2.45, 2.75) is 24.4 Å². The average Bonchev–Trinajstić information content (AvgIpc) is 2.77. The molecule has 9 nitrogen and oxygen atoms in total. The highest BCUT2D eigenvalue weighted by atomic mass is 16.4. The van der Waals surface area contributed by atoms with Crippen LogP contribution in [0.2, 0.25) is 0 Å². The topological polar surface area (TPSA) is 151 Å². The van der Waals surface area contributed by atoms with E-state index in [1.165, 1.54) is 0 Å². The van der Waals surface area contributed by atoms with Gasteiger partial charge in [0.05, 0.1) is 23.9 Å². The van der Waals surface area contributed by atoms with E-state index in [0.29, 0.717) is 22.5 Å². The highest BCUT2D eigenvalue weighted by Crippen LogP contribution is 2.26. The first kappa shape index (κ1) is 20.8. The van der Waals surface area contributed by atoms with Crippen molar-refractivity contribution in [1.82, 2.24) is 9.97 Å². The van der Waals surface area contributed by atoms with Gasteiger partial charge in [-0.2, -0.15) is 5.10 Å². The molecule has 6 N–H and O–H groups in total. The Labute approximate surface area is 166 Å². The number of rotatable bonds is 8. The van der Waals surface area contributed by atoms with E-state index in [1.807, 2.05) is 48.5 Å². The smallest absolute Gasteiger partial charge is 0.173 e. The standard InChI is InChI=1S/C20H22N4O5/c25-11-16(27)19(29)18(28)15(26)10-21-24-20-17(12-6-2-1-3-7-12)22-13-8-4-5-9-14(13)23-20/h1-10,15-16,18-19,25-29H,11H2,(H,23,24)/b21-10+/t15?,16-,18-,19+/m1/s1. The first-order chi connectivity index (χ1) is 14.0. The SMILES string of the molecule is OC[C@@H](O)[C@H](O)[C@H](O)C(O)/C=N/Nc1nc2ccccc2nc1-c1ccccc1. The van der Waals surface area contributed by atoms with Gasteiger partial charge in [0.2, 0.25) is 0 Å². The van der Waals surface area contributed by atoms with Crippen LogP contribution in [0.3, 0.4) is 0 Å². The van der Waals surface area contributed by atoms with Crippen molar-refractivity contribution in [3.8, 4) is 11.3 Å². The number of para-hydroxylation sites is 2. The molecule has 1 aromatic heterocycles. The monoisotopic (exact) mass is 398 g/mol. The predicted octanol–water partition coefficient (Wildman–Crippen LogP) is 0.130. The zero-order valence-electron chi connectivity index (χ0n) is 15.4. The fourth-order valence-electron chi connectivity index (χ4n) is 2.68. The Morgan fingerprint density at radius 3 is 2.14 bits per heavy atom. The number of nitrogens with one attached hydrogen (secondary N) is 1. The van der Waals surface area contributed by atoms with Crippen molar-refractivity contribution in [3.63, 3.8) is 0 Å². The molecule has 0 radical (unpaired) electrons. The number of anilines is 1. The Balaban J connectivity index is 1.84. The third-order valence-electron chi connectivity index (χ3n) is 4.30. The van der Waals surface area contributed by atoms with Crippen molar-refractivity contribution in [2.24, 2.45) is 5.10 Å². The lowest BCUT2D eigenvalue weighted by molar-refractivity contribution is -0.0999. The first-order valence-corrected chi connectivity index (χ1v) is 8.95. The van der Waals surface area contributed by atoms with Gasteiger partial charge in [-0.05, 0) is 12.1 Å². The van der Waals surface area contributed by atoms with Crippen LogP contribution in [0, 0.1) is 0 Å². The molecule has 1 heterocycles. The Hall–Kier alpha value is -2.95. The summed E-state index contributed by atoms with van der Waals surface area (Å²) in [5, 5.41) is 51.5. The predicted molar refractivity (Wildman–Crippen MR) is 108 cm³/mol. The number of benzene rings is 2. The van der Waals surface area contributed by atoms with Crippen molar-refractivity contribution in [1.29, 1.82) is 0 Å². The molecular weight excluding hydrogens is 376 g/mol. The number of hydrazone groups is 1. The minimum Gasteiger partial charge on any atom is -0.394 e. The van der Waals surface area contributed by atoms with Gasteiger partial charge in [0.25, 0.3) is 0 Å². The minimum absolute atomic E-state index is 0.337. The van der Waals surface area contributed by atoms with Gasteiger partial charge in [0.15, 0.2) is 5.82 Å². The third kappa shape index (κ3) is 4.91. The van der Waals surface area contributed by atoms with Crippen molar-refractivity contribution in [2.75, 3.05) is 12.0 Å². The van der Waals surface area contributed by atoms with E-state index in [4.69, 9.17) is 5.11 Å². The summed E-state index contributed by atoms with van der Waals surface area (Å²) in [5.41, 5.74) is 5.41. The average molecular weight is 398 g/mol. The molecule has 0 saturated heterocycles. The molecule has 29 heavy (non-hydrogen) atoms. The minimum atomic E-state index is -1.74. The van der Waals surface area contributed by atoms with Gasteiger partial charge in [0, 0.05) is 5.56 Å². The Bertz CT molecular complexity index is 970. The van der Waals surface area contributed by atoms with Gasteiger partial charge in [-0.15, -0.1) is 0 Å². The van der Waals surface area contributed by atoms with Gasteiger partial charge < -0.3 is 25.5 Å². The largest absolute Gasteiger partial charge is 0.394 e. The molecule has 9 heteroatoms. The van der Waals surface area contributed by atoms with E-state index in [2.05, 4.69) is 20.5 Å². The lowest BCUT2D eigenvalue weighted by Crippen LogP contribution is -2.46. The summed E-state index contributed by atoms with van der Waals surface area (Å²) in [5.74, 6) is 0.337. The lowest BCUT2D eigenvalue weighted by atomic mass is 10.0. The highest BCUT2D eigenvalue weighted by molar-refractivity contribution is 5.83. The zero-order chi connectivity index (χ0) is 20.8. The molecule has 0 aliphatic rings. The molecular formula is C20H22N4O5. The number of aliphatic hydroxyl groups excluding tert-OH is 5. The molecule has 0 saturated carbocycles. The summed E-state index contributed by atoms with van der Waals surface area (Å²) >= 11 is 0. The normalized spacial score (nSPS) is 15.9. The van der Waals surface area contributed by atoms with Gasteiger partial charge >= 0.3 is 0 Å². The van der Waals surface area contributed by atoms with Gasteiger partial charge in [-0.1, -0.05) is 42.5 Å². The molecule has 0 aliphatic carbocycles. The second kappa shape index (κ2) is 9.50. The van der Waals surface area contributed by atoms with Crippen LogP contribution >= 0.6 is 0 Å². The molecule has 2 aromatic carbocycles. The Kier molecular flexibility index (Phi) is 6.81. The van der Waals surface area contributed by atoms with Crippen molar-refractivity contribution < 1.29 is 25.5 Å². The lowest BCUT2D eigenvalue weighted by Gasteiger charge is -2.23. The number of nitrogens with zero attached hydrogens (tertiary/aromatic N) is 3. The van der Waals surface area contributed by atoms with Crippen LogP contribution in [0.15, 0.2) is 59.7 Å². The fourth-order valence-corrected chi connectivity index (χ4v) is 2.68. The Morgan fingerprint density at radius 2 is 1.48 bits per heavy atom. The number of hydrogen-bond acceptors (Lipinski definition) is 9. The van der Waals surface area contributed by atoms with Crippen LogP contribution in [0.4, 0.5) is 5.82 Å². The molecule has 0 amide bonds. The molecule has 152 valence electrons. The maximum Gasteiger partial charge on any atom is 0.173 e. The summed E-state index contributed by atoms with van der Waals surface area (Å²) < 4.78 is 0. The van der Waals surface area contributed by atoms with Gasteiger partial charge in [-0.25, -0.2) is 9.97 Å². The maximum absolute atomic E-state index is 9.94. The number of fused-ring (bicyclic) bond motifs is 1. The van der Waals surface area contributed by atoms with E-state index in [-0.39, 0.29) is 0 Å². The molecule has 0 fully saturated rings. The zero-order valence-corrected chi connectivity index (χ0v) is 15.4. The van der Waals surface area contributed by atoms with Crippen LogP contribution in [0.1, 0.15) is 0 Å². The van der Waals surface area contributed by atoms with Crippen LogP contribution in [0.25, 0.3) is 22.3 Å². The highest BCUT2D eigenvalue weighted by Gasteiger charge is 2.29. The molecule has 3 aromatic rings. The van der Waals surface area contributed by atoms with Crippen molar-refractivity contribution >= 4 is 23.1 Å². The summed E-state index contributed by atoms with van der Waals surface area (Å²) in [4.78, 5) is 9.15.